The lowest BCUT2D eigenvalue weighted by Crippen LogP contribution is -2.55. The van der Waals surface area contributed by atoms with Gasteiger partial charge in [-0.1, -0.05) is 25.1 Å². The molecule has 1 aliphatic rings. The Hall–Kier alpha value is -1.08. The second-order valence-electron chi connectivity index (χ2n) is 5.31. The Morgan fingerprint density at radius 3 is 3.00 bits per heavy atom. The molecule has 1 aromatic rings. The number of nitrogens with zero attached hydrogens (tertiary/aromatic N) is 2. The highest BCUT2D eigenvalue weighted by Gasteiger charge is 2.48. The second-order valence-corrected chi connectivity index (χ2v) is 6.35. The first-order valence-corrected chi connectivity index (χ1v) is 8.37. The molecule has 6 nitrogen and oxygen atoms in total. The van der Waals surface area contributed by atoms with Crippen molar-refractivity contribution in [3.63, 3.8) is 0 Å². The first-order valence-electron chi connectivity index (χ1n) is 7.38. The third-order valence-electron chi connectivity index (χ3n) is 4.06. The number of carbonyl (C=O) groups excluding carboxylic acids is 1. The van der Waals surface area contributed by atoms with Gasteiger partial charge in [0.25, 0.3) is 5.22 Å². The molecule has 1 heterocycles. The van der Waals surface area contributed by atoms with E-state index in [-0.39, 0.29) is 5.97 Å². The number of methoxy groups -OCH3 is 1. The molecular weight excluding hydrogens is 290 g/mol. The molecule has 7 heteroatoms. The van der Waals surface area contributed by atoms with E-state index < -0.39 is 5.54 Å². The van der Waals surface area contributed by atoms with Crippen molar-refractivity contribution in [1.29, 1.82) is 0 Å². The molecule has 2 rings (SSSR count). The summed E-state index contributed by atoms with van der Waals surface area (Å²) in [4.78, 5) is 12.2. The van der Waals surface area contributed by atoms with Crippen LogP contribution in [0.2, 0.25) is 0 Å². The Morgan fingerprint density at radius 2 is 2.38 bits per heavy atom. The van der Waals surface area contributed by atoms with Crippen LogP contribution in [0.1, 0.15) is 38.5 Å². The van der Waals surface area contributed by atoms with Crippen molar-refractivity contribution in [2.24, 2.45) is 5.92 Å². The third kappa shape index (κ3) is 3.58. The van der Waals surface area contributed by atoms with Crippen LogP contribution >= 0.6 is 11.8 Å². The zero-order chi connectivity index (χ0) is 15.3. The lowest BCUT2D eigenvalue weighted by molar-refractivity contribution is -0.150. The highest BCUT2D eigenvalue weighted by atomic mass is 32.2. The van der Waals surface area contributed by atoms with Crippen LogP contribution in [0.5, 0.6) is 0 Å². The van der Waals surface area contributed by atoms with Gasteiger partial charge >= 0.3 is 5.97 Å². The number of hydrogen-bond donors (Lipinski definition) is 1. The van der Waals surface area contributed by atoms with E-state index in [9.17, 15) is 4.79 Å². The monoisotopic (exact) mass is 313 g/mol. The van der Waals surface area contributed by atoms with E-state index in [2.05, 4.69) is 15.5 Å². The van der Waals surface area contributed by atoms with Gasteiger partial charge < -0.3 is 14.5 Å². The van der Waals surface area contributed by atoms with Crippen LogP contribution in [-0.4, -0.2) is 41.1 Å². The number of likely N-dealkylation sites (N-methyl/N-ethyl adjacent to an activating group) is 1. The predicted octanol–water partition coefficient (Wildman–Crippen LogP) is 2.18. The van der Waals surface area contributed by atoms with E-state index in [0.29, 0.717) is 17.0 Å². The van der Waals surface area contributed by atoms with Crippen molar-refractivity contribution in [3.05, 3.63) is 5.89 Å². The Labute approximate surface area is 129 Å². The molecule has 0 aliphatic heterocycles. The molecule has 1 fully saturated rings. The van der Waals surface area contributed by atoms with Crippen molar-refractivity contribution >= 4 is 17.7 Å². The molecule has 118 valence electrons. The molecule has 1 aromatic heterocycles. The van der Waals surface area contributed by atoms with Gasteiger partial charge in [-0.25, -0.2) is 0 Å². The summed E-state index contributed by atoms with van der Waals surface area (Å²) < 4.78 is 10.4. The van der Waals surface area contributed by atoms with Crippen LogP contribution in [-0.2, 0) is 9.53 Å². The standard InChI is InChI=1S/C14H23N3O3S/c1-4-15-14(12(18)19-3)8-5-6-11(14)7-9-21-13-17-16-10(2)20-13/h11,15H,4-9H2,1-3H3. The summed E-state index contributed by atoms with van der Waals surface area (Å²) >= 11 is 1.55. The minimum Gasteiger partial charge on any atom is -0.468 e. The van der Waals surface area contributed by atoms with Crippen LogP contribution in [0.4, 0.5) is 0 Å². The maximum Gasteiger partial charge on any atom is 0.326 e. The first kappa shape index (κ1) is 16.3. The first-order chi connectivity index (χ1) is 10.1. The molecule has 2 atom stereocenters. The zero-order valence-electron chi connectivity index (χ0n) is 12.8. The molecule has 0 amide bonds. The zero-order valence-corrected chi connectivity index (χ0v) is 13.7. The molecule has 21 heavy (non-hydrogen) atoms. The lowest BCUT2D eigenvalue weighted by atomic mass is 9.85. The van der Waals surface area contributed by atoms with Gasteiger partial charge in [-0.05, 0) is 31.7 Å². The predicted molar refractivity (Wildman–Crippen MR) is 80.1 cm³/mol. The summed E-state index contributed by atoms with van der Waals surface area (Å²) in [5.41, 5.74) is -0.519. The number of aryl methyl sites for hydroxylation is 1. The minimum absolute atomic E-state index is 0.134. The van der Waals surface area contributed by atoms with E-state index in [1.807, 2.05) is 6.92 Å². The van der Waals surface area contributed by atoms with Gasteiger partial charge in [0.05, 0.1) is 7.11 Å². The van der Waals surface area contributed by atoms with Crippen molar-refractivity contribution in [2.45, 2.75) is 50.3 Å². The molecule has 0 saturated heterocycles. The van der Waals surface area contributed by atoms with Crippen molar-refractivity contribution in [2.75, 3.05) is 19.4 Å². The number of esters is 1. The lowest BCUT2D eigenvalue weighted by Gasteiger charge is -2.33. The van der Waals surface area contributed by atoms with Crippen molar-refractivity contribution < 1.29 is 13.9 Å². The maximum absolute atomic E-state index is 12.2. The van der Waals surface area contributed by atoms with Crippen LogP contribution in [0.3, 0.4) is 0 Å². The normalized spacial score (nSPS) is 25.2. The third-order valence-corrected chi connectivity index (χ3v) is 4.91. The summed E-state index contributed by atoms with van der Waals surface area (Å²) in [5.74, 6) is 1.60. The van der Waals surface area contributed by atoms with E-state index in [4.69, 9.17) is 9.15 Å². The quantitative estimate of drug-likeness (QED) is 0.610. The van der Waals surface area contributed by atoms with Gasteiger partial charge in [0.1, 0.15) is 5.54 Å². The van der Waals surface area contributed by atoms with Crippen LogP contribution in [0, 0.1) is 12.8 Å². The fourth-order valence-electron chi connectivity index (χ4n) is 3.17. The van der Waals surface area contributed by atoms with Gasteiger partial charge in [0.2, 0.25) is 5.89 Å². The van der Waals surface area contributed by atoms with Crippen molar-refractivity contribution in [1.82, 2.24) is 15.5 Å². The summed E-state index contributed by atoms with van der Waals surface area (Å²) in [7, 11) is 1.47. The molecule has 2 unspecified atom stereocenters. The number of carbonyl (C=O) groups is 1. The summed E-state index contributed by atoms with van der Waals surface area (Å²) in [6, 6.07) is 0. The summed E-state index contributed by atoms with van der Waals surface area (Å²) in [6.45, 7) is 4.57. The van der Waals surface area contributed by atoms with Gasteiger partial charge in [0.15, 0.2) is 0 Å². The molecule has 0 bridgehead atoms. The molecule has 0 radical (unpaired) electrons. The fourth-order valence-corrected chi connectivity index (χ4v) is 4.02. The highest BCUT2D eigenvalue weighted by Crippen LogP contribution is 2.40. The molecule has 1 aliphatic carbocycles. The molecule has 1 N–H and O–H groups in total. The van der Waals surface area contributed by atoms with Crippen LogP contribution in [0.25, 0.3) is 0 Å². The number of hydrogen-bond acceptors (Lipinski definition) is 7. The van der Waals surface area contributed by atoms with Gasteiger partial charge in [0, 0.05) is 12.7 Å². The van der Waals surface area contributed by atoms with Gasteiger partial charge in [-0.3, -0.25) is 4.79 Å². The largest absolute Gasteiger partial charge is 0.468 e. The SMILES string of the molecule is CCNC1(C(=O)OC)CCCC1CCSc1nnc(C)o1. The smallest absolute Gasteiger partial charge is 0.326 e. The summed E-state index contributed by atoms with van der Waals surface area (Å²) in [5, 5.41) is 11.8. The average molecular weight is 313 g/mol. The van der Waals surface area contributed by atoms with E-state index in [1.165, 1.54) is 7.11 Å². The Bertz CT molecular complexity index is 480. The van der Waals surface area contributed by atoms with Gasteiger partial charge in [-0.15, -0.1) is 10.2 Å². The van der Waals surface area contributed by atoms with Crippen molar-refractivity contribution in [3.8, 4) is 0 Å². The van der Waals surface area contributed by atoms with Crippen LogP contribution in [0.15, 0.2) is 9.64 Å². The molecule has 1 saturated carbocycles. The van der Waals surface area contributed by atoms with Crippen LogP contribution < -0.4 is 5.32 Å². The highest BCUT2D eigenvalue weighted by molar-refractivity contribution is 7.99. The molecule has 0 aromatic carbocycles. The van der Waals surface area contributed by atoms with E-state index >= 15 is 0 Å². The fraction of sp³-hybridized carbons (Fsp3) is 0.786. The Kier molecular flexibility index (Phi) is 5.64. The summed E-state index contributed by atoms with van der Waals surface area (Å²) in [6.07, 6.45) is 3.87. The number of rotatable bonds is 7. The molecular formula is C14H23N3O3S. The van der Waals surface area contributed by atoms with E-state index in [0.717, 1.165) is 38.0 Å². The average Bonchev–Trinajstić information content (AvgIpc) is 3.06. The number of ether oxygens (including phenoxy) is 1. The Balaban J connectivity index is 1.95. The topological polar surface area (TPSA) is 77.2 Å². The maximum atomic E-state index is 12.2. The Morgan fingerprint density at radius 1 is 1.57 bits per heavy atom. The number of thioether (sulfide) groups is 1. The van der Waals surface area contributed by atoms with Gasteiger partial charge in [-0.2, -0.15) is 0 Å². The number of aromatic nitrogens is 2. The second kappa shape index (κ2) is 7.26. The molecule has 0 spiro atoms. The van der Waals surface area contributed by atoms with E-state index in [1.54, 1.807) is 18.7 Å². The minimum atomic E-state index is -0.519. The number of nitrogens with one attached hydrogen (secondary N) is 1.